The number of nitrogens with zero attached hydrogens (tertiary/aromatic N) is 1. The summed E-state index contributed by atoms with van der Waals surface area (Å²) in [6, 6.07) is 14.5. The number of amides is 2. The average molecular weight is 354 g/mol. The predicted molar refractivity (Wildman–Crippen MR) is 98.4 cm³/mol. The molecule has 0 fully saturated rings. The van der Waals surface area contributed by atoms with E-state index in [0.29, 0.717) is 17.2 Å². The van der Waals surface area contributed by atoms with Gasteiger partial charge in [-0.1, -0.05) is 30.3 Å². The first-order valence-corrected chi connectivity index (χ1v) is 8.50. The minimum Gasteiger partial charge on any atom is -0.496 e. The van der Waals surface area contributed by atoms with E-state index in [9.17, 15) is 9.59 Å². The van der Waals surface area contributed by atoms with Crippen molar-refractivity contribution in [1.82, 2.24) is 5.32 Å². The number of benzene rings is 2. The van der Waals surface area contributed by atoms with E-state index in [-0.39, 0.29) is 24.4 Å². The van der Waals surface area contributed by atoms with Crippen molar-refractivity contribution in [2.24, 2.45) is 0 Å². The summed E-state index contributed by atoms with van der Waals surface area (Å²) >= 11 is 0. The molecule has 2 amide bonds. The molecule has 1 aliphatic heterocycles. The Balaban J connectivity index is 1.74. The van der Waals surface area contributed by atoms with Crippen molar-refractivity contribution in [1.29, 1.82) is 0 Å². The summed E-state index contributed by atoms with van der Waals surface area (Å²) in [6.07, 6.45) is -0.621. The molecule has 3 rings (SSSR count). The van der Waals surface area contributed by atoms with Gasteiger partial charge in [0.1, 0.15) is 18.0 Å². The molecule has 0 saturated heterocycles. The number of carbonyl (C=O) groups is 2. The molecule has 0 saturated carbocycles. The van der Waals surface area contributed by atoms with Gasteiger partial charge in [0.2, 0.25) is 5.91 Å². The third-order valence-corrected chi connectivity index (χ3v) is 4.36. The highest BCUT2D eigenvalue weighted by Gasteiger charge is 2.32. The van der Waals surface area contributed by atoms with Gasteiger partial charge < -0.3 is 14.8 Å². The summed E-state index contributed by atoms with van der Waals surface area (Å²) in [7, 11) is 1.60. The molecule has 136 valence electrons. The first kappa shape index (κ1) is 17.8. The van der Waals surface area contributed by atoms with Crippen molar-refractivity contribution in [3.8, 4) is 11.5 Å². The fraction of sp³-hybridized carbons (Fsp3) is 0.300. The molecular weight excluding hydrogens is 332 g/mol. The Morgan fingerprint density at radius 3 is 2.69 bits per heavy atom. The number of hydrogen-bond acceptors (Lipinski definition) is 4. The van der Waals surface area contributed by atoms with Gasteiger partial charge in [0.05, 0.1) is 18.8 Å². The van der Waals surface area contributed by atoms with E-state index >= 15 is 0 Å². The van der Waals surface area contributed by atoms with Crippen molar-refractivity contribution < 1.29 is 19.1 Å². The van der Waals surface area contributed by atoms with Crippen molar-refractivity contribution in [3.05, 3.63) is 54.1 Å². The molecule has 26 heavy (non-hydrogen) atoms. The van der Waals surface area contributed by atoms with Gasteiger partial charge in [-0.2, -0.15) is 0 Å². The molecule has 2 atom stereocenters. The van der Waals surface area contributed by atoms with Gasteiger partial charge >= 0.3 is 0 Å². The van der Waals surface area contributed by atoms with E-state index in [1.54, 1.807) is 26.2 Å². The van der Waals surface area contributed by atoms with Gasteiger partial charge in [-0.05, 0) is 32.0 Å². The smallest absolute Gasteiger partial charge is 0.268 e. The standard InChI is InChI=1S/C20H22N2O4/c1-13(15-8-4-6-10-17(15)25-3)21-19(23)12-22-16-9-5-7-11-18(16)26-14(2)20(22)24/h4-11,13-14H,12H2,1-3H3,(H,21,23). The molecule has 6 heteroatoms. The van der Waals surface area contributed by atoms with E-state index in [1.165, 1.54) is 4.90 Å². The molecule has 2 unspecified atom stereocenters. The van der Waals surface area contributed by atoms with Gasteiger partial charge in [0, 0.05) is 5.56 Å². The Hall–Kier alpha value is -3.02. The maximum absolute atomic E-state index is 12.6. The number of hydrogen-bond donors (Lipinski definition) is 1. The lowest BCUT2D eigenvalue weighted by Crippen LogP contribution is -2.49. The Morgan fingerprint density at radius 2 is 1.92 bits per heavy atom. The summed E-state index contributed by atoms with van der Waals surface area (Å²) in [5.74, 6) is 0.830. The average Bonchev–Trinajstić information content (AvgIpc) is 2.65. The van der Waals surface area contributed by atoms with E-state index in [2.05, 4.69) is 5.32 Å². The van der Waals surface area contributed by atoms with Gasteiger partial charge in [-0.25, -0.2) is 0 Å². The minimum absolute atomic E-state index is 0.0664. The van der Waals surface area contributed by atoms with E-state index < -0.39 is 6.10 Å². The Kier molecular flexibility index (Phi) is 5.11. The van der Waals surface area contributed by atoms with Gasteiger partial charge in [0.15, 0.2) is 6.10 Å². The highest BCUT2D eigenvalue weighted by Crippen LogP contribution is 2.33. The lowest BCUT2D eigenvalue weighted by atomic mass is 10.1. The van der Waals surface area contributed by atoms with Crippen LogP contribution < -0.4 is 19.7 Å². The first-order chi connectivity index (χ1) is 12.5. The number of nitrogens with one attached hydrogen (secondary N) is 1. The molecule has 2 aromatic carbocycles. The predicted octanol–water partition coefficient (Wildman–Crippen LogP) is 2.69. The van der Waals surface area contributed by atoms with Gasteiger partial charge in [-0.15, -0.1) is 0 Å². The van der Waals surface area contributed by atoms with Crippen LogP contribution in [0, 0.1) is 0 Å². The number of ether oxygens (including phenoxy) is 2. The Morgan fingerprint density at radius 1 is 1.23 bits per heavy atom. The highest BCUT2D eigenvalue weighted by molar-refractivity contribution is 6.03. The summed E-state index contributed by atoms with van der Waals surface area (Å²) in [6.45, 7) is 3.50. The molecular formula is C20H22N2O4. The van der Waals surface area contributed by atoms with Gasteiger partial charge in [0.25, 0.3) is 5.91 Å². The number of methoxy groups -OCH3 is 1. The van der Waals surface area contributed by atoms with E-state index in [4.69, 9.17) is 9.47 Å². The summed E-state index contributed by atoms with van der Waals surface area (Å²) in [5, 5.41) is 2.93. The molecule has 0 aromatic heterocycles. The molecule has 0 radical (unpaired) electrons. The lowest BCUT2D eigenvalue weighted by molar-refractivity contribution is -0.128. The van der Waals surface area contributed by atoms with Crippen molar-refractivity contribution in [3.63, 3.8) is 0 Å². The maximum atomic E-state index is 12.6. The van der Waals surface area contributed by atoms with E-state index in [1.807, 2.05) is 43.3 Å². The number of fused-ring (bicyclic) bond motifs is 1. The second kappa shape index (κ2) is 7.47. The van der Waals surface area contributed by atoms with Crippen molar-refractivity contribution in [2.45, 2.75) is 26.0 Å². The molecule has 1 heterocycles. The third kappa shape index (κ3) is 3.49. The second-order valence-electron chi connectivity index (χ2n) is 6.18. The normalized spacial score (nSPS) is 17.1. The zero-order chi connectivity index (χ0) is 18.7. The van der Waals surface area contributed by atoms with E-state index in [0.717, 1.165) is 5.56 Å². The van der Waals surface area contributed by atoms with Crippen LogP contribution in [0.1, 0.15) is 25.5 Å². The largest absolute Gasteiger partial charge is 0.496 e. The van der Waals surface area contributed by atoms with Gasteiger partial charge in [-0.3, -0.25) is 14.5 Å². The molecule has 1 N–H and O–H groups in total. The van der Waals surface area contributed by atoms with Crippen LogP contribution in [0.5, 0.6) is 11.5 Å². The summed E-state index contributed by atoms with van der Waals surface area (Å²) in [4.78, 5) is 26.5. The SMILES string of the molecule is COc1ccccc1C(C)NC(=O)CN1C(=O)C(C)Oc2ccccc21. The quantitative estimate of drug-likeness (QED) is 0.896. The van der Waals surface area contributed by atoms with Crippen LogP contribution in [0.25, 0.3) is 0 Å². The number of rotatable bonds is 5. The number of carbonyl (C=O) groups excluding carboxylic acids is 2. The zero-order valence-corrected chi connectivity index (χ0v) is 15.1. The van der Waals surface area contributed by atoms with Crippen LogP contribution in [0.2, 0.25) is 0 Å². The van der Waals surface area contributed by atoms with Crippen LogP contribution in [0.4, 0.5) is 5.69 Å². The number of para-hydroxylation sites is 3. The van der Waals surface area contributed by atoms with Crippen LogP contribution in [0.15, 0.2) is 48.5 Å². The molecule has 0 aliphatic carbocycles. The molecule has 6 nitrogen and oxygen atoms in total. The monoisotopic (exact) mass is 354 g/mol. The minimum atomic E-state index is -0.621. The first-order valence-electron chi connectivity index (χ1n) is 8.50. The lowest BCUT2D eigenvalue weighted by Gasteiger charge is -2.32. The third-order valence-electron chi connectivity index (χ3n) is 4.36. The fourth-order valence-corrected chi connectivity index (χ4v) is 3.05. The van der Waals surface area contributed by atoms with Crippen molar-refractivity contribution in [2.75, 3.05) is 18.6 Å². The Labute approximate surface area is 152 Å². The molecule has 1 aliphatic rings. The van der Waals surface area contributed by atoms with Crippen LogP contribution in [-0.2, 0) is 9.59 Å². The van der Waals surface area contributed by atoms with Crippen LogP contribution in [0.3, 0.4) is 0 Å². The second-order valence-corrected chi connectivity index (χ2v) is 6.18. The molecule has 0 bridgehead atoms. The molecule has 2 aromatic rings. The van der Waals surface area contributed by atoms with Crippen LogP contribution in [-0.4, -0.2) is 31.6 Å². The maximum Gasteiger partial charge on any atom is 0.268 e. The van der Waals surface area contributed by atoms with Crippen LogP contribution >= 0.6 is 0 Å². The zero-order valence-electron chi connectivity index (χ0n) is 15.1. The van der Waals surface area contributed by atoms with Crippen molar-refractivity contribution >= 4 is 17.5 Å². The summed E-state index contributed by atoms with van der Waals surface area (Å²) in [5.41, 5.74) is 1.49. The molecule has 0 spiro atoms. The Bertz CT molecular complexity index is 821. The fourth-order valence-electron chi connectivity index (χ4n) is 3.05. The highest BCUT2D eigenvalue weighted by atomic mass is 16.5. The number of anilines is 1. The topological polar surface area (TPSA) is 67.9 Å². The summed E-state index contributed by atoms with van der Waals surface area (Å²) < 4.78 is 10.9.